The minimum absolute atomic E-state index is 0.275. The van der Waals surface area contributed by atoms with Crippen LogP contribution in [0, 0.1) is 0 Å². The van der Waals surface area contributed by atoms with Gasteiger partial charge < -0.3 is 4.57 Å². The predicted molar refractivity (Wildman–Crippen MR) is 105 cm³/mol. The Kier molecular flexibility index (Phi) is 4.86. The highest BCUT2D eigenvalue weighted by Crippen LogP contribution is 2.38. The highest BCUT2D eigenvalue weighted by Gasteiger charge is 2.36. The standard InChI is InChI=1S/C20H22N2O2S/c1-13(2)7-5-8-14(3)21-12-11-16-17(21)9-6-10-18(16)22-19(23)15(4)25-20(22)24/h6-7,9-12,14H,4-5,8H2,1-3H3. The molecule has 130 valence electrons. The van der Waals surface area contributed by atoms with Gasteiger partial charge in [-0.25, -0.2) is 4.90 Å². The molecule has 0 spiro atoms. The van der Waals surface area contributed by atoms with Crippen molar-refractivity contribution in [2.75, 3.05) is 4.90 Å². The quantitative estimate of drug-likeness (QED) is 0.514. The molecule has 2 aromatic rings. The first-order valence-electron chi connectivity index (χ1n) is 8.38. The van der Waals surface area contributed by atoms with E-state index in [1.165, 1.54) is 10.5 Å². The number of carbonyl (C=O) groups is 2. The lowest BCUT2D eigenvalue weighted by molar-refractivity contribution is -0.113. The molecule has 1 aromatic heterocycles. The summed E-state index contributed by atoms with van der Waals surface area (Å²) in [6.07, 6.45) is 6.35. The van der Waals surface area contributed by atoms with Crippen LogP contribution in [-0.4, -0.2) is 15.7 Å². The van der Waals surface area contributed by atoms with Crippen LogP contribution in [0.3, 0.4) is 0 Å². The molecule has 2 heterocycles. The average molecular weight is 354 g/mol. The van der Waals surface area contributed by atoms with Crippen LogP contribution in [0.2, 0.25) is 0 Å². The van der Waals surface area contributed by atoms with Crippen molar-refractivity contribution in [1.29, 1.82) is 0 Å². The van der Waals surface area contributed by atoms with Gasteiger partial charge in [-0.1, -0.05) is 24.3 Å². The molecule has 0 radical (unpaired) electrons. The van der Waals surface area contributed by atoms with E-state index >= 15 is 0 Å². The molecule has 1 aliphatic heterocycles. The Labute approximate surface area is 152 Å². The van der Waals surface area contributed by atoms with Gasteiger partial charge in [0.25, 0.3) is 11.1 Å². The van der Waals surface area contributed by atoms with Gasteiger partial charge in [0.05, 0.1) is 16.1 Å². The van der Waals surface area contributed by atoms with Gasteiger partial charge >= 0.3 is 0 Å². The molecule has 0 N–H and O–H groups in total. The molecular weight excluding hydrogens is 332 g/mol. The Bertz CT molecular complexity index is 890. The lowest BCUT2D eigenvalue weighted by atomic mass is 10.1. The molecule has 1 fully saturated rings. The second-order valence-electron chi connectivity index (χ2n) is 6.57. The summed E-state index contributed by atoms with van der Waals surface area (Å²) in [4.78, 5) is 26.0. The summed E-state index contributed by atoms with van der Waals surface area (Å²) >= 11 is 0.897. The van der Waals surface area contributed by atoms with Crippen LogP contribution in [-0.2, 0) is 4.79 Å². The van der Waals surface area contributed by atoms with Gasteiger partial charge in [-0.2, -0.15) is 0 Å². The van der Waals surface area contributed by atoms with Gasteiger partial charge in [-0.15, -0.1) is 0 Å². The van der Waals surface area contributed by atoms with Crippen molar-refractivity contribution < 1.29 is 9.59 Å². The summed E-state index contributed by atoms with van der Waals surface area (Å²) in [5.41, 5.74) is 3.00. The number of thioether (sulfide) groups is 1. The summed E-state index contributed by atoms with van der Waals surface area (Å²) in [6, 6.07) is 8.05. The third kappa shape index (κ3) is 3.29. The maximum Gasteiger partial charge on any atom is 0.298 e. The number of rotatable bonds is 5. The second-order valence-corrected chi connectivity index (χ2v) is 7.62. The maximum atomic E-state index is 12.3. The van der Waals surface area contributed by atoms with Crippen LogP contribution in [0.5, 0.6) is 0 Å². The van der Waals surface area contributed by atoms with E-state index in [1.54, 1.807) is 0 Å². The molecule has 2 amide bonds. The van der Waals surface area contributed by atoms with Crippen LogP contribution in [0.25, 0.3) is 10.9 Å². The average Bonchev–Trinajstić information content (AvgIpc) is 3.08. The summed E-state index contributed by atoms with van der Waals surface area (Å²) < 4.78 is 2.21. The number of carbonyl (C=O) groups excluding carboxylic acids is 2. The van der Waals surface area contributed by atoms with Gasteiger partial charge in [0, 0.05) is 17.6 Å². The summed E-state index contributed by atoms with van der Waals surface area (Å²) in [6.45, 7) is 10.1. The highest BCUT2D eigenvalue weighted by atomic mass is 32.2. The smallest absolute Gasteiger partial charge is 0.298 e. The van der Waals surface area contributed by atoms with E-state index in [4.69, 9.17) is 0 Å². The number of fused-ring (bicyclic) bond motifs is 1. The van der Waals surface area contributed by atoms with Gasteiger partial charge in [0.2, 0.25) is 0 Å². The van der Waals surface area contributed by atoms with E-state index in [1.807, 2.05) is 30.5 Å². The van der Waals surface area contributed by atoms with Crippen LogP contribution >= 0.6 is 11.8 Å². The molecular formula is C20H22N2O2S. The Morgan fingerprint density at radius 1 is 1.28 bits per heavy atom. The Morgan fingerprint density at radius 3 is 2.68 bits per heavy atom. The van der Waals surface area contributed by atoms with Crippen molar-refractivity contribution in [1.82, 2.24) is 4.57 Å². The molecule has 0 aliphatic carbocycles. The molecule has 0 saturated carbocycles. The number of anilines is 1. The number of allylic oxidation sites excluding steroid dienone is 2. The van der Waals surface area contributed by atoms with E-state index in [2.05, 4.69) is 38.0 Å². The van der Waals surface area contributed by atoms with Crippen molar-refractivity contribution in [2.45, 2.75) is 39.7 Å². The van der Waals surface area contributed by atoms with Gasteiger partial charge in [0.1, 0.15) is 0 Å². The number of nitrogens with zero attached hydrogens (tertiary/aromatic N) is 2. The SMILES string of the molecule is C=C1SC(=O)N(c2cccc3c2ccn3C(C)CCC=C(C)C)C1=O. The fourth-order valence-corrected chi connectivity index (χ4v) is 3.78. The monoisotopic (exact) mass is 354 g/mol. The molecule has 1 atom stereocenters. The zero-order chi connectivity index (χ0) is 18.1. The second kappa shape index (κ2) is 6.92. The topological polar surface area (TPSA) is 42.3 Å². The lowest BCUT2D eigenvalue weighted by Crippen LogP contribution is -2.27. The van der Waals surface area contributed by atoms with E-state index in [-0.39, 0.29) is 16.1 Å². The zero-order valence-corrected chi connectivity index (χ0v) is 15.6. The van der Waals surface area contributed by atoms with Gasteiger partial charge in [-0.05, 0) is 63.6 Å². The Morgan fingerprint density at radius 2 is 2.04 bits per heavy atom. The summed E-state index contributed by atoms with van der Waals surface area (Å²) in [5, 5.41) is 0.625. The molecule has 4 nitrogen and oxygen atoms in total. The molecule has 1 unspecified atom stereocenters. The first-order chi connectivity index (χ1) is 11.9. The van der Waals surface area contributed by atoms with E-state index < -0.39 is 0 Å². The van der Waals surface area contributed by atoms with Crippen molar-refractivity contribution in [3.8, 4) is 0 Å². The van der Waals surface area contributed by atoms with E-state index in [0.717, 1.165) is 35.5 Å². The van der Waals surface area contributed by atoms with E-state index in [9.17, 15) is 9.59 Å². The Balaban J connectivity index is 1.95. The number of benzene rings is 1. The zero-order valence-electron chi connectivity index (χ0n) is 14.8. The first-order valence-corrected chi connectivity index (χ1v) is 9.20. The van der Waals surface area contributed by atoms with Gasteiger partial charge in [-0.3, -0.25) is 9.59 Å². The first kappa shape index (κ1) is 17.5. The molecule has 3 rings (SSSR count). The van der Waals surface area contributed by atoms with E-state index in [0.29, 0.717) is 11.7 Å². The van der Waals surface area contributed by atoms with Crippen molar-refractivity contribution >= 4 is 39.5 Å². The third-order valence-electron chi connectivity index (χ3n) is 4.43. The molecule has 1 aromatic carbocycles. The minimum atomic E-state index is -0.327. The fraction of sp³-hybridized carbons (Fsp3) is 0.300. The van der Waals surface area contributed by atoms with Crippen molar-refractivity contribution in [3.63, 3.8) is 0 Å². The van der Waals surface area contributed by atoms with Crippen molar-refractivity contribution in [3.05, 3.63) is 53.6 Å². The summed E-state index contributed by atoms with van der Waals surface area (Å²) in [5.74, 6) is -0.327. The number of imide groups is 1. The minimum Gasteiger partial charge on any atom is -0.345 e. The van der Waals surface area contributed by atoms with Crippen LogP contribution in [0.4, 0.5) is 10.5 Å². The normalized spacial score (nSPS) is 16.0. The van der Waals surface area contributed by atoms with Crippen LogP contribution in [0.1, 0.15) is 39.7 Å². The van der Waals surface area contributed by atoms with Crippen molar-refractivity contribution in [2.24, 2.45) is 0 Å². The Hall–Kier alpha value is -2.27. The molecule has 1 aliphatic rings. The molecule has 1 saturated heterocycles. The lowest BCUT2D eigenvalue weighted by Gasteiger charge is -2.17. The molecule has 0 bridgehead atoms. The number of hydrogen-bond acceptors (Lipinski definition) is 3. The number of amides is 2. The van der Waals surface area contributed by atoms with Crippen LogP contribution < -0.4 is 4.90 Å². The predicted octanol–water partition coefficient (Wildman–Crippen LogP) is 5.66. The number of hydrogen-bond donors (Lipinski definition) is 0. The van der Waals surface area contributed by atoms with Crippen LogP contribution in [0.15, 0.2) is 53.6 Å². The highest BCUT2D eigenvalue weighted by molar-refractivity contribution is 8.18. The summed E-state index contributed by atoms with van der Waals surface area (Å²) in [7, 11) is 0. The number of aromatic nitrogens is 1. The third-order valence-corrected chi connectivity index (χ3v) is 5.21. The molecule has 25 heavy (non-hydrogen) atoms. The largest absolute Gasteiger partial charge is 0.345 e. The van der Waals surface area contributed by atoms with Gasteiger partial charge in [0.15, 0.2) is 0 Å². The molecule has 5 heteroatoms. The maximum absolute atomic E-state index is 12.3. The fourth-order valence-electron chi connectivity index (χ4n) is 3.11.